The summed E-state index contributed by atoms with van der Waals surface area (Å²) in [4.78, 5) is 12.9. The fraction of sp³-hybridized carbons (Fsp3) is 0.364. The molecule has 0 spiro atoms. The molecule has 36 heavy (non-hydrogen) atoms. The van der Waals surface area contributed by atoms with E-state index in [0.29, 0.717) is 50.8 Å². The molecule has 2 N–H and O–H groups in total. The second kappa shape index (κ2) is 11.7. The summed E-state index contributed by atoms with van der Waals surface area (Å²) in [7, 11) is -3.72. The van der Waals surface area contributed by atoms with Crippen molar-refractivity contribution in [2.45, 2.75) is 4.90 Å². The van der Waals surface area contributed by atoms with Crippen molar-refractivity contribution >= 4 is 50.6 Å². The van der Waals surface area contributed by atoms with E-state index in [1.807, 2.05) is 0 Å². The van der Waals surface area contributed by atoms with Crippen LogP contribution in [0.25, 0.3) is 0 Å². The standard InChI is InChI=1S/C22H26N6O6S2/c29-28(30)20-4-2-1-3-17(20)16-23-25-22(35)24-19-15-18(36(31,32)27-9-13-34-14-10-27)5-6-21(19)26-7-11-33-12-8-26/h1-6,15-16H,7-14H2,(H2,24,25,35)/b23-16+. The van der Waals surface area contributed by atoms with Crippen molar-refractivity contribution in [2.75, 3.05) is 62.8 Å². The third-order valence-electron chi connectivity index (χ3n) is 5.68. The normalized spacial score (nSPS) is 17.2. The van der Waals surface area contributed by atoms with E-state index < -0.39 is 14.9 Å². The van der Waals surface area contributed by atoms with Crippen LogP contribution in [-0.4, -0.2) is 81.6 Å². The minimum absolute atomic E-state index is 0.0856. The van der Waals surface area contributed by atoms with Crippen LogP contribution in [-0.2, 0) is 19.5 Å². The smallest absolute Gasteiger partial charge is 0.278 e. The first kappa shape index (κ1) is 25.9. The number of nitro groups is 1. The molecule has 0 aliphatic carbocycles. The van der Waals surface area contributed by atoms with Crippen LogP contribution in [0.5, 0.6) is 0 Å². The fourth-order valence-electron chi connectivity index (χ4n) is 3.87. The predicted molar refractivity (Wildman–Crippen MR) is 139 cm³/mol. The Morgan fingerprint density at radius 3 is 2.42 bits per heavy atom. The number of hydrazone groups is 1. The van der Waals surface area contributed by atoms with Gasteiger partial charge in [-0.15, -0.1) is 0 Å². The zero-order valence-electron chi connectivity index (χ0n) is 19.3. The van der Waals surface area contributed by atoms with Crippen LogP contribution in [0.2, 0.25) is 0 Å². The summed E-state index contributed by atoms with van der Waals surface area (Å²) in [5.41, 5.74) is 4.13. The molecule has 0 radical (unpaired) electrons. The van der Waals surface area contributed by atoms with Crippen molar-refractivity contribution < 1.29 is 22.8 Å². The Labute approximate surface area is 214 Å². The van der Waals surface area contributed by atoms with E-state index in [-0.39, 0.29) is 28.8 Å². The molecule has 2 saturated heterocycles. The topological polar surface area (TPSA) is 139 Å². The maximum Gasteiger partial charge on any atom is 0.278 e. The van der Waals surface area contributed by atoms with Crippen LogP contribution in [0.4, 0.5) is 17.1 Å². The number of hydrogen-bond donors (Lipinski definition) is 2. The van der Waals surface area contributed by atoms with Crippen molar-refractivity contribution in [2.24, 2.45) is 5.10 Å². The lowest BCUT2D eigenvalue weighted by molar-refractivity contribution is -0.385. The summed E-state index contributed by atoms with van der Waals surface area (Å²) in [5.74, 6) is 0. The molecule has 0 unspecified atom stereocenters. The molecule has 14 heteroatoms. The molecule has 0 bridgehead atoms. The van der Waals surface area contributed by atoms with Crippen LogP contribution in [0.15, 0.2) is 52.5 Å². The summed E-state index contributed by atoms with van der Waals surface area (Å²) in [6.07, 6.45) is 1.30. The second-order valence-corrected chi connectivity index (χ2v) is 10.3. The van der Waals surface area contributed by atoms with Gasteiger partial charge in [0.15, 0.2) is 5.11 Å². The molecule has 0 saturated carbocycles. The molecule has 2 heterocycles. The highest BCUT2D eigenvalue weighted by Gasteiger charge is 2.28. The molecule has 2 aromatic rings. The molecule has 192 valence electrons. The van der Waals surface area contributed by atoms with Gasteiger partial charge in [-0.1, -0.05) is 12.1 Å². The van der Waals surface area contributed by atoms with Gasteiger partial charge in [-0.2, -0.15) is 9.41 Å². The number of ether oxygens (including phenoxy) is 2. The van der Waals surface area contributed by atoms with Crippen LogP contribution >= 0.6 is 12.2 Å². The van der Waals surface area contributed by atoms with Gasteiger partial charge in [-0.05, 0) is 36.5 Å². The Morgan fingerprint density at radius 1 is 1.06 bits per heavy atom. The monoisotopic (exact) mass is 534 g/mol. The zero-order valence-corrected chi connectivity index (χ0v) is 21.0. The molecular formula is C22H26N6O6S2. The summed E-state index contributed by atoms with van der Waals surface area (Å²) in [6.45, 7) is 3.66. The Kier molecular flexibility index (Phi) is 8.43. The van der Waals surface area contributed by atoms with Crippen LogP contribution < -0.4 is 15.6 Å². The van der Waals surface area contributed by atoms with Gasteiger partial charge in [0.1, 0.15) is 0 Å². The van der Waals surface area contributed by atoms with Crippen LogP contribution in [0.1, 0.15) is 5.56 Å². The molecule has 12 nitrogen and oxygen atoms in total. The first-order chi connectivity index (χ1) is 17.4. The molecule has 2 aliphatic rings. The number of sulfonamides is 1. The second-order valence-electron chi connectivity index (χ2n) is 7.93. The van der Waals surface area contributed by atoms with E-state index >= 15 is 0 Å². The van der Waals surface area contributed by atoms with Crippen molar-refractivity contribution in [3.63, 3.8) is 0 Å². The number of nitrogens with one attached hydrogen (secondary N) is 2. The van der Waals surface area contributed by atoms with Crippen LogP contribution in [0, 0.1) is 10.1 Å². The van der Waals surface area contributed by atoms with E-state index in [4.69, 9.17) is 21.7 Å². The van der Waals surface area contributed by atoms with E-state index in [2.05, 4.69) is 20.7 Å². The van der Waals surface area contributed by atoms with Gasteiger partial charge in [0, 0.05) is 32.2 Å². The Balaban J connectivity index is 1.55. The van der Waals surface area contributed by atoms with E-state index in [0.717, 1.165) is 5.69 Å². The quantitative estimate of drug-likeness (QED) is 0.234. The van der Waals surface area contributed by atoms with Crippen molar-refractivity contribution in [1.82, 2.24) is 9.73 Å². The lowest BCUT2D eigenvalue weighted by Crippen LogP contribution is -2.40. The minimum Gasteiger partial charge on any atom is -0.379 e. The highest BCUT2D eigenvalue weighted by molar-refractivity contribution is 7.89. The Morgan fingerprint density at radius 2 is 1.72 bits per heavy atom. The Hall–Kier alpha value is -3.17. The van der Waals surface area contributed by atoms with Gasteiger partial charge in [0.25, 0.3) is 5.69 Å². The average Bonchev–Trinajstić information content (AvgIpc) is 2.90. The first-order valence-electron chi connectivity index (χ1n) is 11.2. The number of rotatable bonds is 7. The molecule has 2 aromatic carbocycles. The maximum atomic E-state index is 13.2. The van der Waals surface area contributed by atoms with Crippen molar-refractivity contribution in [3.05, 3.63) is 58.1 Å². The molecular weight excluding hydrogens is 508 g/mol. The maximum absolute atomic E-state index is 13.2. The molecule has 2 aliphatic heterocycles. The SMILES string of the molecule is O=[N+]([O-])c1ccccc1/C=N/NC(=S)Nc1cc(S(=O)(=O)N2CCOCC2)ccc1N1CCOCC1. The van der Waals surface area contributed by atoms with Crippen LogP contribution in [0.3, 0.4) is 0 Å². The van der Waals surface area contributed by atoms with Crippen molar-refractivity contribution in [3.8, 4) is 0 Å². The average molecular weight is 535 g/mol. The molecule has 0 amide bonds. The number of morpholine rings is 2. The largest absolute Gasteiger partial charge is 0.379 e. The number of benzene rings is 2. The number of anilines is 2. The number of nitrogens with zero attached hydrogens (tertiary/aromatic N) is 4. The van der Waals surface area contributed by atoms with Gasteiger partial charge < -0.3 is 19.7 Å². The molecule has 2 fully saturated rings. The van der Waals surface area contributed by atoms with Gasteiger partial charge >= 0.3 is 0 Å². The molecule has 0 atom stereocenters. The summed E-state index contributed by atoms with van der Waals surface area (Å²) >= 11 is 5.37. The zero-order chi connectivity index (χ0) is 25.5. The Bertz CT molecular complexity index is 1240. The number of para-hydroxylation sites is 1. The summed E-state index contributed by atoms with van der Waals surface area (Å²) < 4.78 is 38.5. The third-order valence-corrected chi connectivity index (χ3v) is 7.77. The highest BCUT2D eigenvalue weighted by atomic mass is 32.2. The van der Waals surface area contributed by atoms with Gasteiger partial charge in [-0.3, -0.25) is 15.5 Å². The molecule has 4 rings (SSSR count). The fourth-order valence-corrected chi connectivity index (χ4v) is 5.46. The first-order valence-corrected chi connectivity index (χ1v) is 13.1. The number of hydrogen-bond acceptors (Lipinski definition) is 9. The highest BCUT2D eigenvalue weighted by Crippen LogP contribution is 2.31. The predicted octanol–water partition coefficient (Wildman–Crippen LogP) is 1.77. The van der Waals surface area contributed by atoms with Gasteiger partial charge in [0.2, 0.25) is 10.0 Å². The van der Waals surface area contributed by atoms with Gasteiger partial charge in [-0.25, -0.2) is 8.42 Å². The van der Waals surface area contributed by atoms with E-state index in [1.54, 1.807) is 36.4 Å². The lowest BCUT2D eigenvalue weighted by Gasteiger charge is -2.31. The van der Waals surface area contributed by atoms with Crippen molar-refractivity contribution in [1.29, 1.82) is 0 Å². The third kappa shape index (κ3) is 6.14. The van der Waals surface area contributed by atoms with Gasteiger partial charge in [0.05, 0.1) is 59.4 Å². The van der Waals surface area contributed by atoms with E-state index in [1.165, 1.54) is 16.6 Å². The van der Waals surface area contributed by atoms with E-state index in [9.17, 15) is 18.5 Å². The lowest BCUT2D eigenvalue weighted by atomic mass is 10.2. The molecule has 0 aromatic heterocycles. The summed E-state index contributed by atoms with van der Waals surface area (Å²) in [5, 5.41) is 18.3. The summed E-state index contributed by atoms with van der Waals surface area (Å²) in [6, 6.07) is 11.1. The number of thiocarbonyl (C=S) groups is 1. The minimum atomic E-state index is -3.72. The number of nitro benzene ring substituents is 1.